The number of carbonyl (C=O) groups excluding carboxylic acids is 1. The van der Waals surface area contributed by atoms with Gasteiger partial charge in [-0.05, 0) is 44.6 Å². The SMILES string of the molecule is CCCCC1CCC(C(=O)N2CCCNCC2)CC1. The van der Waals surface area contributed by atoms with Crippen LogP contribution in [0.2, 0.25) is 0 Å². The summed E-state index contributed by atoms with van der Waals surface area (Å²) in [5, 5.41) is 3.37. The molecule has 0 atom stereocenters. The molecule has 2 fully saturated rings. The lowest BCUT2D eigenvalue weighted by Gasteiger charge is -2.31. The summed E-state index contributed by atoms with van der Waals surface area (Å²) in [4.78, 5) is 14.6. The summed E-state index contributed by atoms with van der Waals surface area (Å²) in [7, 11) is 0. The van der Waals surface area contributed by atoms with Crippen LogP contribution in [-0.2, 0) is 4.79 Å². The Labute approximate surface area is 118 Å². The highest BCUT2D eigenvalue weighted by Gasteiger charge is 2.29. The highest BCUT2D eigenvalue weighted by molar-refractivity contribution is 5.79. The Morgan fingerprint density at radius 1 is 1.16 bits per heavy atom. The summed E-state index contributed by atoms with van der Waals surface area (Å²) >= 11 is 0. The van der Waals surface area contributed by atoms with E-state index < -0.39 is 0 Å². The first-order valence-corrected chi connectivity index (χ1v) is 8.30. The molecule has 0 aromatic carbocycles. The molecule has 0 aromatic rings. The third-order valence-corrected chi connectivity index (χ3v) is 4.81. The molecule has 3 heteroatoms. The van der Waals surface area contributed by atoms with Gasteiger partial charge in [-0.1, -0.05) is 26.2 Å². The molecule has 1 aliphatic heterocycles. The van der Waals surface area contributed by atoms with Crippen molar-refractivity contribution >= 4 is 5.91 Å². The van der Waals surface area contributed by atoms with Crippen molar-refractivity contribution in [3.05, 3.63) is 0 Å². The summed E-state index contributed by atoms with van der Waals surface area (Å²) in [6, 6.07) is 0. The van der Waals surface area contributed by atoms with Crippen LogP contribution in [0.15, 0.2) is 0 Å². The van der Waals surface area contributed by atoms with Gasteiger partial charge in [-0.2, -0.15) is 0 Å². The highest BCUT2D eigenvalue weighted by atomic mass is 16.2. The van der Waals surface area contributed by atoms with Gasteiger partial charge in [0.1, 0.15) is 0 Å². The van der Waals surface area contributed by atoms with Gasteiger partial charge >= 0.3 is 0 Å². The smallest absolute Gasteiger partial charge is 0.225 e. The molecule has 2 aliphatic rings. The van der Waals surface area contributed by atoms with Crippen LogP contribution < -0.4 is 5.32 Å². The molecule has 1 saturated carbocycles. The number of unbranched alkanes of at least 4 members (excludes halogenated alkanes) is 1. The normalized spacial score (nSPS) is 29.0. The van der Waals surface area contributed by atoms with E-state index in [0.29, 0.717) is 11.8 Å². The number of hydrogen-bond donors (Lipinski definition) is 1. The van der Waals surface area contributed by atoms with E-state index in [1.165, 1.54) is 32.1 Å². The molecule has 3 nitrogen and oxygen atoms in total. The van der Waals surface area contributed by atoms with Gasteiger partial charge in [0.2, 0.25) is 5.91 Å². The quantitative estimate of drug-likeness (QED) is 0.848. The minimum atomic E-state index is 0.330. The predicted octanol–water partition coefficient (Wildman–Crippen LogP) is 2.80. The fourth-order valence-electron chi connectivity index (χ4n) is 3.52. The van der Waals surface area contributed by atoms with Crippen LogP contribution in [0, 0.1) is 11.8 Å². The second-order valence-electron chi connectivity index (χ2n) is 6.29. The van der Waals surface area contributed by atoms with Gasteiger partial charge in [0.25, 0.3) is 0 Å². The van der Waals surface area contributed by atoms with Gasteiger partial charge in [-0.3, -0.25) is 4.79 Å². The zero-order valence-corrected chi connectivity index (χ0v) is 12.5. The largest absolute Gasteiger partial charge is 0.341 e. The fraction of sp³-hybridized carbons (Fsp3) is 0.938. The Hall–Kier alpha value is -0.570. The van der Waals surface area contributed by atoms with Crippen molar-refractivity contribution in [2.24, 2.45) is 11.8 Å². The number of carbonyl (C=O) groups is 1. The number of nitrogens with zero attached hydrogens (tertiary/aromatic N) is 1. The lowest BCUT2D eigenvalue weighted by Crippen LogP contribution is -2.39. The maximum absolute atomic E-state index is 12.5. The first kappa shape index (κ1) is 14.8. The first-order valence-electron chi connectivity index (χ1n) is 8.30. The molecule has 0 aromatic heterocycles. The summed E-state index contributed by atoms with van der Waals surface area (Å²) in [6.45, 7) is 6.17. The molecule has 1 amide bonds. The molecule has 2 rings (SSSR count). The van der Waals surface area contributed by atoms with Crippen LogP contribution in [0.3, 0.4) is 0 Å². The monoisotopic (exact) mass is 266 g/mol. The van der Waals surface area contributed by atoms with Gasteiger partial charge in [0.15, 0.2) is 0 Å². The third kappa shape index (κ3) is 4.48. The van der Waals surface area contributed by atoms with Crippen LogP contribution in [0.5, 0.6) is 0 Å². The molecule has 0 bridgehead atoms. The molecule has 0 spiro atoms. The average molecular weight is 266 g/mol. The molecule has 0 unspecified atom stereocenters. The maximum atomic E-state index is 12.5. The van der Waals surface area contributed by atoms with E-state index in [1.54, 1.807) is 0 Å². The molecule has 1 aliphatic carbocycles. The lowest BCUT2D eigenvalue weighted by atomic mass is 9.79. The van der Waals surface area contributed by atoms with Crippen molar-refractivity contribution in [2.75, 3.05) is 26.2 Å². The summed E-state index contributed by atoms with van der Waals surface area (Å²) in [5.74, 6) is 1.67. The van der Waals surface area contributed by atoms with Crippen molar-refractivity contribution in [1.29, 1.82) is 0 Å². The van der Waals surface area contributed by atoms with Crippen LogP contribution in [0.4, 0.5) is 0 Å². The Morgan fingerprint density at radius 3 is 2.68 bits per heavy atom. The molecular weight excluding hydrogens is 236 g/mol. The van der Waals surface area contributed by atoms with Crippen molar-refractivity contribution in [2.45, 2.75) is 58.3 Å². The molecule has 1 heterocycles. The lowest BCUT2D eigenvalue weighted by molar-refractivity contribution is -0.136. The van der Waals surface area contributed by atoms with Crippen molar-refractivity contribution in [1.82, 2.24) is 10.2 Å². The number of hydrogen-bond acceptors (Lipinski definition) is 2. The summed E-state index contributed by atoms with van der Waals surface area (Å²) in [5.41, 5.74) is 0. The maximum Gasteiger partial charge on any atom is 0.225 e. The zero-order valence-electron chi connectivity index (χ0n) is 12.5. The van der Waals surface area contributed by atoms with E-state index in [4.69, 9.17) is 0 Å². The fourth-order valence-corrected chi connectivity index (χ4v) is 3.52. The molecular formula is C16H30N2O. The topological polar surface area (TPSA) is 32.3 Å². The van der Waals surface area contributed by atoms with E-state index >= 15 is 0 Å². The molecule has 1 saturated heterocycles. The Morgan fingerprint density at radius 2 is 1.95 bits per heavy atom. The standard InChI is InChI=1S/C16H30N2O/c1-2-3-5-14-6-8-15(9-7-14)16(19)18-12-4-10-17-11-13-18/h14-15,17H,2-13H2,1H3. The van der Waals surface area contributed by atoms with E-state index in [2.05, 4.69) is 17.1 Å². The minimum absolute atomic E-state index is 0.330. The molecule has 0 radical (unpaired) electrons. The van der Waals surface area contributed by atoms with Crippen LogP contribution in [0.1, 0.15) is 58.3 Å². The summed E-state index contributed by atoms with van der Waals surface area (Å²) < 4.78 is 0. The van der Waals surface area contributed by atoms with Gasteiger partial charge in [-0.15, -0.1) is 0 Å². The van der Waals surface area contributed by atoms with Gasteiger partial charge in [0, 0.05) is 25.6 Å². The number of rotatable bonds is 4. The van der Waals surface area contributed by atoms with Crippen molar-refractivity contribution in [3.8, 4) is 0 Å². The van der Waals surface area contributed by atoms with Crippen LogP contribution >= 0.6 is 0 Å². The van der Waals surface area contributed by atoms with E-state index in [1.807, 2.05) is 0 Å². The van der Waals surface area contributed by atoms with E-state index in [-0.39, 0.29) is 0 Å². The van der Waals surface area contributed by atoms with Gasteiger partial charge in [-0.25, -0.2) is 0 Å². The van der Waals surface area contributed by atoms with Crippen LogP contribution in [0.25, 0.3) is 0 Å². The second-order valence-corrected chi connectivity index (χ2v) is 6.29. The second kappa shape index (κ2) is 7.88. The minimum Gasteiger partial charge on any atom is -0.341 e. The third-order valence-electron chi connectivity index (χ3n) is 4.81. The Balaban J connectivity index is 1.75. The number of nitrogens with one attached hydrogen (secondary N) is 1. The Kier molecular flexibility index (Phi) is 6.15. The van der Waals surface area contributed by atoms with Gasteiger partial charge in [0.05, 0.1) is 0 Å². The number of amides is 1. The molecule has 110 valence electrons. The zero-order chi connectivity index (χ0) is 13.5. The van der Waals surface area contributed by atoms with Crippen LogP contribution in [-0.4, -0.2) is 37.0 Å². The Bertz CT molecular complexity index is 264. The van der Waals surface area contributed by atoms with Crippen molar-refractivity contribution in [3.63, 3.8) is 0 Å². The van der Waals surface area contributed by atoms with Crippen molar-refractivity contribution < 1.29 is 4.79 Å². The van der Waals surface area contributed by atoms with Gasteiger partial charge < -0.3 is 10.2 Å². The van der Waals surface area contributed by atoms with E-state index in [0.717, 1.165) is 51.4 Å². The highest BCUT2D eigenvalue weighted by Crippen LogP contribution is 2.32. The average Bonchev–Trinajstić information content (AvgIpc) is 2.74. The predicted molar refractivity (Wildman–Crippen MR) is 79.0 cm³/mol. The first-order chi connectivity index (χ1) is 9.31. The molecule has 1 N–H and O–H groups in total. The summed E-state index contributed by atoms with van der Waals surface area (Å²) in [6.07, 6.45) is 9.99. The van der Waals surface area contributed by atoms with E-state index in [9.17, 15) is 4.79 Å². The molecule has 19 heavy (non-hydrogen) atoms.